The van der Waals surface area contributed by atoms with E-state index in [1.54, 1.807) is 4.68 Å². The third kappa shape index (κ3) is 3.27. The zero-order valence-corrected chi connectivity index (χ0v) is 11.5. The summed E-state index contributed by atoms with van der Waals surface area (Å²) in [6, 6.07) is 5.73. The van der Waals surface area contributed by atoms with Gasteiger partial charge in [0.15, 0.2) is 0 Å². The lowest BCUT2D eigenvalue weighted by molar-refractivity contribution is 0.298. The highest BCUT2D eigenvalue weighted by Gasteiger charge is 2.05. The average Bonchev–Trinajstić information content (AvgIpc) is 2.60. The predicted octanol–water partition coefficient (Wildman–Crippen LogP) is 1.77. The topological polar surface area (TPSA) is 61.2 Å². The van der Waals surface area contributed by atoms with Gasteiger partial charge in [0.2, 0.25) is 0 Å². The molecule has 0 saturated heterocycles. The number of nitrogens with zero attached hydrogens (tertiary/aromatic N) is 2. The van der Waals surface area contributed by atoms with E-state index < -0.39 is 10.1 Å². The van der Waals surface area contributed by atoms with Crippen molar-refractivity contribution < 1.29 is 12.6 Å². The van der Waals surface area contributed by atoms with Crippen molar-refractivity contribution in [1.82, 2.24) is 9.78 Å². The molecule has 1 aromatic carbocycles. The van der Waals surface area contributed by atoms with Gasteiger partial charge in [0.05, 0.1) is 24.9 Å². The molecule has 0 N–H and O–H groups in total. The molecule has 0 radical (unpaired) electrons. The smallest absolute Gasteiger partial charge is 0.264 e. The zero-order chi connectivity index (χ0) is 12.5. The largest absolute Gasteiger partial charge is 0.269 e. The minimum Gasteiger partial charge on any atom is -0.269 e. The molecule has 5 nitrogen and oxygen atoms in total. The van der Waals surface area contributed by atoms with Crippen LogP contribution >= 0.6 is 15.9 Å². The summed E-state index contributed by atoms with van der Waals surface area (Å²) >= 11 is 3.43. The molecule has 0 saturated carbocycles. The van der Waals surface area contributed by atoms with E-state index in [0.29, 0.717) is 6.54 Å². The lowest BCUT2D eigenvalue weighted by Crippen LogP contribution is -2.10. The summed E-state index contributed by atoms with van der Waals surface area (Å²) in [5.74, 6) is 0. The Hall–Kier alpha value is -0.920. The minimum absolute atomic E-state index is 0.0877. The molecule has 1 heterocycles. The second-order valence-corrected chi connectivity index (χ2v) is 6.09. The van der Waals surface area contributed by atoms with Crippen molar-refractivity contribution in [2.24, 2.45) is 0 Å². The second kappa shape index (κ2) is 4.75. The van der Waals surface area contributed by atoms with Crippen LogP contribution in [-0.4, -0.2) is 31.1 Å². The SMILES string of the molecule is CS(=O)(=O)OCCn1cc2c(Br)cccc2n1. The van der Waals surface area contributed by atoms with Crippen LogP contribution in [0.3, 0.4) is 0 Å². The first-order valence-electron chi connectivity index (χ1n) is 4.92. The summed E-state index contributed by atoms with van der Waals surface area (Å²) in [5.41, 5.74) is 0.860. The molecule has 0 spiro atoms. The number of halogens is 1. The Morgan fingerprint density at radius 3 is 2.88 bits per heavy atom. The number of rotatable bonds is 4. The number of fused-ring (bicyclic) bond motifs is 1. The molecule has 7 heteroatoms. The fourth-order valence-electron chi connectivity index (χ4n) is 1.45. The van der Waals surface area contributed by atoms with Gasteiger partial charge in [-0.25, -0.2) is 0 Å². The van der Waals surface area contributed by atoms with Gasteiger partial charge in [0.1, 0.15) is 0 Å². The molecule has 0 amide bonds. The fraction of sp³-hybridized carbons (Fsp3) is 0.300. The van der Waals surface area contributed by atoms with E-state index >= 15 is 0 Å². The van der Waals surface area contributed by atoms with Gasteiger partial charge in [-0.15, -0.1) is 0 Å². The van der Waals surface area contributed by atoms with Crippen molar-refractivity contribution in [3.05, 3.63) is 28.9 Å². The highest BCUT2D eigenvalue weighted by atomic mass is 79.9. The van der Waals surface area contributed by atoms with Crippen LogP contribution in [0, 0.1) is 0 Å². The first kappa shape index (κ1) is 12.5. The Balaban J connectivity index is 2.12. The van der Waals surface area contributed by atoms with Crippen LogP contribution in [0.1, 0.15) is 0 Å². The lowest BCUT2D eigenvalue weighted by atomic mass is 10.3. The van der Waals surface area contributed by atoms with Gasteiger partial charge in [-0.1, -0.05) is 22.0 Å². The fourth-order valence-corrected chi connectivity index (χ4v) is 2.29. The van der Waals surface area contributed by atoms with Crippen LogP contribution in [0.2, 0.25) is 0 Å². The van der Waals surface area contributed by atoms with Crippen LogP contribution < -0.4 is 0 Å². The number of hydrogen-bond acceptors (Lipinski definition) is 4. The molecule has 0 fully saturated rings. The molecule has 17 heavy (non-hydrogen) atoms. The van der Waals surface area contributed by atoms with Gasteiger partial charge in [-0.05, 0) is 12.1 Å². The van der Waals surface area contributed by atoms with Crippen LogP contribution in [0.15, 0.2) is 28.9 Å². The molecule has 0 atom stereocenters. The normalized spacial score (nSPS) is 12.1. The Bertz CT molecular complexity index is 636. The van der Waals surface area contributed by atoms with Crippen molar-refractivity contribution in [3.8, 4) is 0 Å². The van der Waals surface area contributed by atoms with Crippen LogP contribution in [0.4, 0.5) is 0 Å². The van der Waals surface area contributed by atoms with Crippen molar-refractivity contribution in [2.45, 2.75) is 6.54 Å². The number of aromatic nitrogens is 2. The first-order chi connectivity index (χ1) is 7.96. The van der Waals surface area contributed by atoms with E-state index in [4.69, 9.17) is 0 Å². The maximum Gasteiger partial charge on any atom is 0.264 e. The van der Waals surface area contributed by atoms with Crippen molar-refractivity contribution >= 4 is 37.0 Å². The molecule has 92 valence electrons. The van der Waals surface area contributed by atoms with Crippen LogP contribution in [0.5, 0.6) is 0 Å². The van der Waals surface area contributed by atoms with E-state index in [1.165, 1.54) is 0 Å². The maximum absolute atomic E-state index is 10.8. The third-order valence-electron chi connectivity index (χ3n) is 2.16. The van der Waals surface area contributed by atoms with Gasteiger partial charge in [-0.2, -0.15) is 13.5 Å². The predicted molar refractivity (Wildman–Crippen MR) is 68.2 cm³/mol. The zero-order valence-electron chi connectivity index (χ0n) is 9.13. The maximum atomic E-state index is 10.8. The van der Waals surface area contributed by atoms with E-state index in [2.05, 4.69) is 25.2 Å². The van der Waals surface area contributed by atoms with Gasteiger partial charge in [0, 0.05) is 16.1 Å². The van der Waals surface area contributed by atoms with Crippen molar-refractivity contribution in [1.29, 1.82) is 0 Å². The van der Waals surface area contributed by atoms with Gasteiger partial charge >= 0.3 is 0 Å². The van der Waals surface area contributed by atoms with Gasteiger partial charge in [0.25, 0.3) is 10.1 Å². The number of hydrogen-bond donors (Lipinski definition) is 0. The lowest BCUT2D eigenvalue weighted by Gasteiger charge is -2.00. The molecule has 0 aliphatic rings. The Morgan fingerprint density at radius 1 is 1.47 bits per heavy atom. The highest BCUT2D eigenvalue weighted by Crippen LogP contribution is 2.22. The number of benzene rings is 1. The van der Waals surface area contributed by atoms with Gasteiger partial charge < -0.3 is 0 Å². The summed E-state index contributed by atoms with van der Waals surface area (Å²) in [6.07, 6.45) is 2.88. The highest BCUT2D eigenvalue weighted by molar-refractivity contribution is 9.10. The summed E-state index contributed by atoms with van der Waals surface area (Å²) < 4.78 is 28.9. The molecule has 0 bridgehead atoms. The van der Waals surface area contributed by atoms with E-state index in [0.717, 1.165) is 21.6 Å². The second-order valence-electron chi connectivity index (χ2n) is 3.59. The summed E-state index contributed by atoms with van der Waals surface area (Å²) in [7, 11) is -3.38. The monoisotopic (exact) mass is 318 g/mol. The molecular formula is C10H11BrN2O3S. The van der Waals surface area contributed by atoms with Gasteiger partial charge in [-0.3, -0.25) is 8.86 Å². The molecule has 1 aromatic heterocycles. The molecule has 2 rings (SSSR count). The quantitative estimate of drug-likeness (QED) is 0.806. The van der Waals surface area contributed by atoms with Crippen molar-refractivity contribution in [3.63, 3.8) is 0 Å². The third-order valence-corrected chi connectivity index (χ3v) is 3.45. The summed E-state index contributed by atoms with van der Waals surface area (Å²) in [6.45, 7) is 0.485. The summed E-state index contributed by atoms with van der Waals surface area (Å²) in [5, 5.41) is 5.30. The Kier molecular flexibility index (Phi) is 3.50. The molecule has 2 aromatic rings. The Labute approximate surface area is 108 Å². The van der Waals surface area contributed by atoms with E-state index in [-0.39, 0.29) is 6.61 Å². The molecular weight excluding hydrogens is 308 g/mol. The van der Waals surface area contributed by atoms with E-state index in [1.807, 2.05) is 24.4 Å². The van der Waals surface area contributed by atoms with E-state index in [9.17, 15) is 8.42 Å². The molecule has 0 unspecified atom stereocenters. The standard InChI is InChI=1S/C10H11BrN2O3S/c1-17(14,15)16-6-5-13-7-8-9(11)3-2-4-10(8)12-13/h2-4,7H,5-6H2,1H3. The van der Waals surface area contributed by atoms with Crippen molar-refractivity contribution in [2.75, 3.05) is 12.9 Å². The Morgan fingerprint density at radius 2 is 2.24 bits per heavy atom. The first-order valence-corrected chi connectivity index (χ1v) is 7.53. The molecule has 0 aliphatic carbocycles. The average molecular weight is 319 g/mol. The van der Waals surface area contributed by atoms with Crippen LogP contribution in [-0.2, 0) is 20.8 Å². The minimum atomic E-state index is -3.38. The molecule has 0 aliphatic heterocycles. The van der Waals surface area contributed by atoms with Crippen LogP contribution in [0.25, 0.3) is 10.9 Å². The summed E-state index contributed by atoms with van der Waals surface area (Å²) in [4.78, 5) is 0.